The third kappa shape index (κ3) is 6.36. The molecule has 0 spiro atoms. The van der Waals surface area contributed by atoms with E-state index in [1.54, 1.807) is 24.3 Å². The van der Waals surface area contributed by atoms with Crippen LogP contribution in [0.25, 0.3) is 0 Å². The summed E-state index contributed by atoms with van der Waals surface area (Å²) < 4.78 is 5.78. The van der Waals surface area contributed by atoms with Crippen LogP contribution in [0, 0.1) is 13.8 Å². The number of aromatic nitrogens is 2. The summed E-state index contributed by atoms with van der Waals surface area (Å²) in [5.41, 5.74) is 3.24. The number of carbonyl (C=O) groups is 2. The summed E-state index contributed by atoms with van der Waals surface area (Å²) in [4.78, 5) is 24.8. The molecule has 2 aromatic carbocycles. The van der Waals surface area contributed by atoms with Gasteiger partial charge in [0.2, 0.25) is 5.01 Å². The molecule has 0 radical (unpaired) electrons. The summed E-state index contributed by atoms with van der Waals surface area (Å²) in [6.07, 6.45) is 0.842. The largest absolute Gasteiger partial charge is 0.486 e. The zero-order valence-corrected chi connectivity index (χ0v) is 18.9. The monoisotopic (exact) mass is 438 g/mol. The summed E-state index contributed by atoms with van der Waals surface area (Å²) in [6.45, 7) is 8.21. The normalized spacial score (nSPS) is 11.6. The quantitative estimate of drug-likeness (QED) is 0.540. The van der Waals surface area contributed by atoms with Crippen molar-refractivity contribution in [3.63, 3.8) is 0 Å². The molecule has 8 heteroatoms. The molecule has 1 unspecified atom stereocenters. The minimum Gasteiger partial charge on any atom is -0.486 e. The van der Waals surface area contributed by atoms with Crippen molar-refractivity contribution < 1.29 is 14.3 Å². The molecule has 0 aliphatic heterocycles. The van der Waals surface area contributed by atoms with Crippen molar-refractivity contribution in [1.29, 1.82) is 0 Å². The number of nitrogens with one attached hydrogen (secondary N) is 2. The van der Waals surface area contributed by atoms with Crippen molar-refractivity contribution >= 4 is 28.8 Å². The van der Waals surface area contributed by atoms with Crippen LogP contribution in [-0.2, 0) is 6.61 Å². The Morgan fingerprint density at radius 2 is 1.81 bits per heavy atom. The van der Waals surface area contributed by atoms with Crippen molar-refractivity contribution in [3.8, 4) is 5.75 Å². The number of carbonyl (C=O) groups excluding carboxylic acids is 2. The molecule has 0 fully saturated rings. The Morgan fingerprint density at radius 1 is 1.06 bits per heavy atom. The van der Waals surface area contributed by atoms with E-state index < -0.39 is 0 Å². The smallest absolute Gasteiger partial charge is 0.286 e. The summed E-state index contributed by atoms with van der Waals surface area (Å²) in [5.74, 6) is 0.202. The van der Waals surface area contributed by atoms with Crippen LogP contribution in [-0.4, -0.2) is 28.1 Å². The highest BCUT2D eigenvalue weighted by molar-refractivity contribution is 7.13. The molecular weight excluding hydrogens is 412 g/mol. The predicted molar refractivity (Wildman–Crippen MR) is 122 cm³/mol. The predicted octanol–water partition coefficient (Wildman–Crippen LogP) is 4.51. The van der Waals surface area contributed by atoms with E-state index in [9.17, 15) is 9.59 Å². The lowest BCUT2D eigenvalue weighted by Gasteiger charge is -2.12. The molecular formula is C23H26N4O3S. The molecule has 2 N–H and O–H groups in total. The van der Waals surface area contributed by atoms with E-state index in [1.165, 1.54) is 11.3 Å². The Kier molecular flexibility index (Phi) is 7.36. The molecule has 0 saturated heterocycles. The van der Waals surface area contributed by atoms with Gasteiger partial charge >= 0.3 is 0 Å². The van der Waals surface area contributed by atoms with Gasteiger partial charge < -0.3 is 15.4 Å². The Hall–Kier alpha value is -3.26. The maximum absolute atomic E-state index is 12.6. The molecule has 3 aromatic rings. The van der Waals surface area contributed by atoms with Crippen LogP contribution in [0.5, 0.6) is 5.75 Å². The Bertz CT molecular complexity index is 1060. The fourth-order valence-corrected chi connectivity index (χ4v) is 3.54. The van der Waals surface area contributed by atoms with E-state index in [0.29, 0.717) is 16.3 Å². The molecule has 31 heavy (non-hydrogen) atoms. The highest BCUT2D eigenvalue weighted by atomic mass is 32.1. The fourth-order valence-electron chi connectivity index (χ4n) is 2.90. The first-order chi connectivity index (χ1) is 14.8. The van der Waals surface area contributed by atoms with Crippen LogP contribution in [0.3, 0.4) is 0 Å². The molecule has 3 rings (SSSR count). The molecule has 0 aliphatic carbocycles. The lowest BCUT2D eigenvalue weighted by atomic mass is 10.1. The second-order valence-corrected chi connectivity index (χ2v) is 8.49. The number of rotatable bonds is 8. The van der Waals surface area contributed by atoms with Crippen LogP contribution in [0.1, 0.15) is 56.6 Å². The van der Waals surface area contributed by atoms with Crippen LogP contribution in [0.4, 0.5) is 5.69 Å². The van der Waals surface area contributed by atoms with E-state index in [1.807, 2.05) is 39.8 Å². The van der Waals surface area contributed by atoms with Gasteiger partial charge in [0, 0.05) is 17.3 Å². The number of nitrogens with zero attached hydrogens (tertiary/aromatic N) is 2. The molecule has 1 atom stereocenters. The minimum atomic E-state index is -0.380. The van der Waals surface area contributed by atoms with Gasteiger partial charge in [-0.25, -0.2) is 0 Å². The van der Waals surface area contributed by atoms with Crippen LogP contribution >= 0.6 is 11.3 Å². The summed E-state index contributed by atoms with van der Waals surface area (Å²) in [5, 5.41) is 14.5. The number of ether oxygens (including phenoxy) is 1. The third-order valence-corrected chi connectivity index (χ3v) is 5.49. The molecule has 2 amide bonds. The average Bonchev–Trinajstić information content (AvgIpc) is 3.21. The number of anilines is 1. The van der Waals surface area contributed by atoms with Gasteiger partial charge in [0.15, 0.2) is 5.01 Å². The standard InChI is InChI=1S/C23H26N4O3S/c1-5-16(4)24-21(28)17-7-6-8-18(12-17)25-22(29)23-27-26-20(31-23)13-30-19-10-14(2)9-15(3)11-19/h6-12,16H,5,13H2,1-4H3,(H,24,28)(H,25,29). The molecule has 0 aliphatic rings. The van der Waals surface area contributed by atoms with Gasteiger partial charge in [0.05, 0.1) is 0 Å². The maximum atomic E-state index is 12.6. The number of hydrogen-bond acceptors (Lipinski definition) is 6. The van der Waals surface area contributed by atoms with E-state index in [4.69, 9.17) is 4.74 Å². The zero-order chi connectivity index (χ0) is 22.4. The van der Waals surface area contributed by atoms with Crippen LogP contribution in [0.2, 0.25) is 0 Å². The topological polar surface area (TPSA) is 93.2 Å². The maximum Gasteiger partial charge on any atom is 0.286 e. The van der Waals surface area contributed by atoms with Gasteiger partial charge in [-0.05, 0) is 68.7 Å². The van der Waals surface area contributed by atoms with E-state index >= 15 is 0 Å². The zero-order valence-electron chi connectivity index (χ0n) is 18.1. The van der Waals surface area contributed by atoms with Crippen molar-refractivity contribution in [3.05, 3.63) is 69.2 Å². The van der Waals surface area contributed by atoms with Gasteiger partial charge in [-0.2, -0.15) is 0 Å². The van der Waals surface area contributed by atoms with Gasteiger partial charge in [-0.3, -0.25) is 9.59 Å². The van der Waals surface area contributed by atoms with Gasteiger partial charge in [-0.1, -0.05) is 30.4 Å². The lowest BCUT2D eigenvalue weighted by molar-refractivity contribution is 0.0938. The molecule has 162 valence electrons. The van der Waals surface area contributed by atoms with E-state index in [2.05, 4.69) is 26.9 Å². The van der Waals surface area contributed by atoms with Crippen molar-refractivity contribution in [2.24, 2.45) is 0 Å². The Morgan fingerprint density at radius 3 is 2.52 bits per heavy atom. The highest BCUT2D eigenvalue weighted by Crippen LogP contribution is 2.20. The Balaban J connectivity index is 1.61. The van der Waals surface area contributed by atoms with Gasteiger partial charge in [0.25, 0.3) is 11.8 Å². The minimum absolute atomic E-state index is 0.0801. The first kappa shape index (κ1) is 22.4. The first-order valence-corrected chi connectivity index (χ1v) is 10.9. The second kappa shape index (κ2) is 10.2. The van der Waals surface area contributed by atoms with Crippen LogP contribution in [0.15, 0.2) is 42.5 Å². The lowest BCUT2D eigenvalue weighted by Crippen LogP contribution is -2.31. The molecule has 1 aromatic heterocycles. The third-order valence-electron chi connectivity index (χ3n) is 4.59. The Labute approximate surface area is 185 Å². The average molecular weight is 439 g/mol. The highest BCUT2D eigenvalue weighted by Gasteiger charge is 2.15. The number of benzene rings is 2. The fraction of sp³-hybridized carbons (Fsp3) is 0.304. The van der Waals surface area contributed by atoms with Crippen LogP contribution < -0.4 is 15.4 Å². The van der Waals surface area contributed by atoms with E-state index in [-0.39, 0.29) is 29.5 Å². The number of aryl methyl sites for hydroxylation is 2. The summed E-state index contributed by atoms with van der Waals surface area (Å²) >= 11 is 1.17. The van der Waals surface area contributed by atoms with Gasteiger partial charge in [-0.15, -0.1) is 10.2 Å². The molecule has 0 saturated carbocycles. The molecule has 0 bridgehead atoms. The summed E-state index contributed by atoms with van der Waals surface area (Å²) in [6, 6.07) is 12.9. The van der Waals surface area contributed by atoms with Crippen molar-refractivity contribution in [1.82, 2.24) is 15.5 Å². The van der Waals surface area contributed by atoms with E-state index in [0.717, 1.165) is 23.3 Å². The van der Waals surface area contributed by atoms with Crippen molar-refractivity contribution in [2.45, 2.75) is 46.8 Å². The second-order valence-electron chi connectivity index (χ2n) is 7.43. The van der Waals surface area contributed by atoms with Crippen molar-refractivity contribution in [2.75, 3.05) is 5.32 Å². The number of hydrogen-bond donors (Lipinski definition) is 2. The first-order valence-electron chi connectivity index (χ1n) is 10.1. The number of amides is 2. The molecule has 7 nitrogen and oxygen atoms in total. The van der Waals surface area contributed by atoms with Gasteiger partial charge in [0.1, 0.15) is 12.4 Å². The molecule has 1 heterocycles. The SMILES string of the molecule is CCC(C)NC(=O)c1cccc(NC(=O)c2nnc(COc3cc(C)cc(C)c3)s2)c1. The summed E-state index contributed by atoms with van der Waals surface area (Å²) in [7, 11) is 0.